The number of benzene rings is 1. The molecule has 3 N–H and O–H groups in total. The lowest BCUT2D eigenvalue weighted by molar-refractivity contribution is 0.596. The van der Waals surface area contributed by atoms with Gasteiger partial charge in [0, 0.05) is 17.8 Å². The Hall–Kier alpha value is -1.82. The molecule has 0 atom stereocenters. The highest BCUT2D eigenvalue weighted by atomic mass is 32.2. The van der Waals surface area contributed by atoms with Gasteiger partial charge in [-0.25, -0.2) is 8.42 Å². The molecule has 0 saturated carbocycles. The first kappa shape index (κ1) is 11.7. The van der Waals surface area contributed by atoms with Crippen LogP contribution in [0.1, 0.15) is 11.1 Å². The topological polar surface area (TPSA) is 84.5 Å². The fraction of sp³-hybridized carbons (Fsp3) is 0.182. The van der Waals surface area contributed by atoms with E-state index in [-0.39, 0.29) is 11.6 Å². The van der Waals surface area contributed by atoms with Crippen LogP contribution in [0.5, 0.6) is 0 Å². The molecule has 0 fully saturated rings. The van der Waals surface area contributed by atoms with Gasteiger partial charge in [0.1, 0.15) is 5.84 Å². The van der Waals surface area contributed by atoms with Gasteiger partial charge in [0.05, 0.1) is 5.75 Å². The Bertz CT molecular complexity index is 591. The quantitative estimate of drug-likeness (QED) is 0.779. The summed E-state index contributed by atoms with van der Waals surface area (Å²) in [6.07, 6.45) is 1.71. The highest BCUT2D eigenvalue weighted by molar-refractivity contribution is 7.89. The summed E-state index contributed by atoms with van der Waals surface area (Å²) in [7, 11) is -3.47. The first-order valence-electron chi connectivity index (χ1n) is 5.08. The van der Waals surface area contributed by atoms with Gasteiger partial charge >= 0.3 is 0 Å². The van der Waals surface area contributed by atoms with E-state index >= 15 is 0 Å². The van der Waals surface area contributed by atoms with E-state index in [1.54, 1.807) is 18.2 Å². The maximum Gasteiger partial charge on any atom is 0.259 e. The molecule has 90 valence electrons. The minimum Gasteiger partial charge on any atom is -0.382 e. The summed E-state index contributed by atoms with van der Waals surface area (Å²) in [5.74, 6) is -0.0643. The largest absolute Gasteiger partial charge is 0.382 e. The van der Waals surface area contributed by atoms with Crippen LogP contribution in [0.15, 0.2) is 35.3 Å². The number of nitrogens with zero attached hydrogens (tertiary/aromatic N) is 1. The molecule has 0 spiro atoms. The first-order valence-corrected chi connectivity index (χ1v) is 6.69. The maximum absolute atomic E-state index is 11.4. The summed E-state index contributed by atoms with van der Waals surface area (Å²) in [5.41, 5.74) is 7.82. The third-order valence-electron chi connectivity index (χ3n) is 2.42. The highest BCUT2D eigenvalue weighted by Gasteiger charge is 2.23. The number of hydrogen-bond acceptors (Lipinski definition) is 4. The number of amidine groups is 1. The Labute approximate surface area is 100 Å². The van der Waals surface area contributed by atoms with Crippen LogP contribution in [0.3, 0.4) is 0 Å². The lowest BCUT2D eigenvalue weighted by Crippen LogP contribution is -2.25. The number of nitrogens with one attached hydrogen (secondary N) is 1. The van der Waals surface area contributed by atoms with Gasteiger partial charge in [0.15, 0.2) is 0 Å². The predicted octanol–water partition coefficient (Wildman–Crippen LogP) is 0.833. The molecule has 5 nitrogen and oxygen atoms in total. The SMILES string of the molecule is C=CCNc1cccc2c1C(N)=NS(=O)(=O)C2. The molecule has 0 aliphatic carbocycles. The summed E-state index contributed by atoms with van der Waals surface area (Å²) >= 11 is 0. The summed E-state index contributed by atoms with van der Waals surface area (Å²) in [6, 6.07) is 5.37. The molecule has 1 aliphatic rings. The molecule has 0 unspecified atom stereocenters. The van der Waals surface area contributed by atoms with Crippen molar-refractivity contribution in [1.29, 1.82) is 0 Å². The summed E-state index contributed by atoms with van der Waals surface area (Å²) in [4.78, 5) is 0. The summed E-state index contributed by atoms with van der Waals surface area (Å²) < 4.78 is 26.4. The molecule has 1 aromatic carbocycles. The van der Waals surface area contributed by atoms with Gasteiger partial charge in [0.25, 0.3) is 10.0 Å². The van der Waals surface area contributed by atoms with Crippen LogP contribution < -0.4 is 11.1 Å². The van der Waals surface area contributed by atoms with E-state index in [0.29, 0.717) is 17.7 Å². The van der Waals surface area contributed by atoms with Crippen molar-refractivity contribution in [2.24, 2.45) is 10.1 Å². The van der Waals surface area contributed by atoms with E-state index in [2.05, 4.69) is 16.3 Å². The van der Waals surface area contributed by atoms with Gasteiger partial charge in [-0.1, -0.05) is 18.2 Å². The molecule has 0 saturated heterocycles. The second-order valence-corrected chi connectivity index (χ2v) is 5.35. The molecule has 2 rings (SSSR count). The van der Waals surface area contributed by atoms with Crippen molar-refractivity contribution in [2.75, 3.05) is 11.9 Å². The summed E-state index contributed by atoms with van der Waals surface area (Å²) in [5, 5.41) is 3.11. The number of fused-ring (bicyclic) bond motifs is 1. The number of nitrogens with two attached hydrogens (primary N) is 1. The molecular weight excluding hydrogens is 238 g/mol. The highest BCUT2D eigenvalue weighted by Crippen LogP contribution is 2.26. The molecule has 1 heterocycles. The zero-order valence-corrected chi connectivity index (χ0v) is 10.00. The van der Waals surface area contributed by atoms with Gasteiger partial charge in [0.2, 0.25) is 0 Å². The van der Waals surface area contributed by atoms with Crippen molar-refractivity contribution in [3.63, 3.8) is 0 Å². The van der Waals surface area contributed by atoms with E-state index in [1.807, 2.05) is 6.07 Å². The Balaban J connectivity index is 2.52. The van der Waals surface area contributed by atoms with Crippen molar-refractivity contribution < 1.29 is 8.42 Å². The number of hydrogen-bond donors (Lipinski definition) is 2. The average Bonchev–Trinajstić information content (AvgIpc) is 2.23. The predicted molar refractivity (Wildman–Crippen MR) is 68.5 cm³/mol. The normalized spacial score (nSPS) is 16.8. The fourth-order valence-corrected chi connectivity index (χ4v) is 2.87. The average molecular weight is 251 g/mol. The smallest absolute Gasteiger partial charge is 0.259 e. The second-order valence-electron chi connectivity index (χ2n) is 3.71. The van der Waals surface area contributed by atoms with Gasteiger partial charge in [-0.05, 0) is 11.6 Å². The molecule has 0 bridgehead atoms. The lowest BCUT2D eigenvalue weighted by Gasteiger charge is -2.18. The van der Waals surface area contributed by atoms with Crippen LogP contribution in [0.4, 0.5) is 5.69 Å². The van der Waals surface area contributed by atoms with Gasteiger partial charge < -0.3 is 11.1 Å². The van der Waals surface area contributed by atoms with Crippen LogP contribution in [0, 0.1) is 0 Å². The van der Waals surface area contributed by atoms with Crippen molar-refractivity contribution in [3.8, 4) is 0 Å². The lowest BCUT2D eigenvalue weighted by atomic mass is 10.1. The van der Waals surface area contributed by atoms with Gasteiger partial charge in [-0.3, -0.25) is 0 Å². The minimum absolute atomic E-state index is 0.0402. The standard InChI is InChI=1S/C11H13N3O2S/c1-2-6-13-9-5-3-4-8-7-17(15,16)14-11(12)10(8)9/h2-5,13H,1,6-7H2,(H2,12,14). The first-order chi connectivity index (χ1) is 8.03. The number of rotatable bonds is 3. The van der Waals surface area contributed by atoms with E-state index in [1.165, 1.54) is 0 Å². The molecule has 17 heavy (non-hydrogen) atoms. The number of anilines is 1. The fourth-order valence-electron chi connectivity index (χ4n) is 1.78. The van der Waals surface area contributed by atoms with Gasteiger partial charge in [-0.2, -0.15) is 0 Å². The Morgan fingerprint density at radius 1 is 1.53 bits per heavy atom. The van der Waals surface area contributed by atoms with Crippen molar-refractivity contribution >= 4 is 21.5 Å². The Kier molecular flexibility index (Phi) is 2.89. The molecule has 0 radical (unpaired) electrons. The van der Waals surface area contributed by atoms with Crippen molar-refractivity contribution in [3.05, 3.63) is 42.0 Å². The van der Waals surface area contributed by atoms with E-state index in [0.717, 1.165) is 5.69 Å². The number of sulfonamides is 1. The zero-order valence-electron chi connectivity index (χ0n) is 9.18. The molecule has 6 heteroatoms. The van der Waals surface area contributed by atoms with Crippen LogP contribution in [-0.4, -0.2) is 20.8 Å². The van der Waals surface area contributed by atoms with Crippen molar-refractivity contribution in [2.45, 2.75) is 5.75 Å². The maximum atomic E-state index is 11.4. The Morgan fingerprint density at radius 2 is 2.29 bits per heavy atom. The molecule has 1 aliphatic heterocycles. The zero-order chi connectivity index (χ0) is 12.5. The van der Waals surface area contributed by atoms with Crippen LogP contribution >= 0.6 is 0 Å². The second kappa shape index (κ2) is 4.21. The molecule has 0 aromatic heterocycles. The molecule has 0 amide bonds. The van der Waals surface area contributed by atoms with E-state index < -0.39 is 10.0 Å². The third-order valence-corrected chi connectivity index (χ3v) is 3.57. The Morgan fingerprint density at radius 3 is 3.00 bits per heavy atom. The van der Waals surface area contributed by atoms with E-state index in [9.17, 15) is 8.42 Å². The van der Waals surface area contributed by atoms with Crippen LogP contribution in [0.2, 0.25) is 0 Å². The summed E-state index contributed by atoms with van der Waals surface area (Å²) in [6.45, 7) is 4.19. The third kappa shape index (κ3) is 2.31. The molecular formula is C11H13N3O2S. The minimum atomic E-state index is -3.47. The monoisotopic (exact) mass is 251 g/mol. The van der Waals surface area contributed by atoms with Crippen LogP contribution in [0.25, 0.3) is 0 Å². The van der Waals surface area contributed by atoms with Crippen molar-refractivity contribution in [1.82, 2.24) is 0 Å². The molecule has 1 aromatic rings. The van der Waals surface area contributed by atoms with Gasteiger partial charge in [-0.15, -0.1) is 11.0 Å². The van der Waals surface area contributed by atoms with E-state index in [4.69, 9.17) is 5.73 Å². The van der Waals surface area contributed by atoms with Crippen LogP contribution in [-0.2, 0) is 15.8 Å².